The summed E-state index contributed by atoms with van der Waals surface area (Å²) in [6, 6.07) is 9.58. The lowest BCUT2D eigenvalue weighted by Gasteiger charge is -2.20. The van der Waals surface area contributed by atoms with Crippen LogP contribution >= 0.6 is 0 Å². The highest BCUT2D eigenvalue weighted by Gasteiger charge is 2.24. The fourth-order valence-corrected chi connectivity index (χ4v) is 4.01. The van der Waals surface area contributed by atoms with E-state index in [1.165, 1.54) is 26.3 Å². The first-order valence-electron chi connectivity index (χ1n) is 8.62. The van der Waals surface area contributed by atoms with Gasteiger partial charge in [0, 0.05) is 18.8 Å². The van der Waals surface area contributed by atoms with Crippen molar-refractivity contribution in [1.82, 2.24) is 4.31 Å². The highest BCUT2D eigenvalue weighted by Crippen LogP contribution is 2.32. The smallest absolute Gasteiger partial charge is 0.243 e. The molecule has 0 unspecified atom stereocenters. The number of likely N-dealkylation sites (N-methyl/N-ethyl adjacent to an activating group) is 1. The maximum absolute atomic E-state index is 12.7. The van der Waals surface area contributed by atoms with Crippen molar-refractivity contribution < 1.29 is 27.4 Å². The van der Waals surface area contributed by atoms with E-state index in [2.05, 4.69) is 5.32 Å². The molecule has 1 aliphatic heterocycles. The van der Waals surface area contributed by atoms with Gasteiger partial charge in [-0.15, -0.1) is 0 Å². The van der Waals surface area contributed by atoms with Crippen molar-refractivity contribution >= 4 is 21.6 Å². The lowest BCUT2D eigenvalue weighted by atomic mass is 10.2. The number of hydrogen-bond acceptors (Lipinski definition) is 6. The fourth-order valence-electron chi connectivity index (χ4n) is 2.80. The fraction of sp³-hybridized carbons (Fsp3) is 0.316. The van der Waals surface area contributed by atoms with Gasteiger partial charge in [0.05, 0.1) is 18.6 Å². The van der Waals surface area contributed by atoms with Crippen molar-refractivity contribution in [3.05, 3.63) is 42.0 Å². The van der Waals surface area contributed by atoms with Crippen molar-refractivity contribution in [2.75, 3.05) is 39.2 Å². The minimum Gasteiger partial charge on any atom is -0.496 e. The summed E-state index contributed by atoms with van der Waals surface area (Å²) in [5, 5.41) is 2.68. The number of nitrogens with one attached hydrogen (secondary N) is 1. The predicted octanol–water partition coefficient (Wildman–Crippen LogP) is 2.03. The number of rotatable bonds is 6. The Bertz CT molecular complexity index is 990. The van der Waals surface area contributed by atoms with E-state index in [0.717, 1.165) is 4.31 Å². The summed E-state index contributed by atoms with van der Waals surface area (Å²) in [6.07, 6.45) is 0. The average molecular weight is 406 g/mol. The summed E-state index contributed by atoms with van der Waals surface area (Å²) in [4.78, 5) is 12.4. The molecule has 0 saturated heterocycles. The summed E-state index contributed by atoms with van der Waals surface area (Å²) in [5.41, 5.74) is 1.19. The van der Waals surface area contributed by atoms with Crippen LogP contribution in [0.25, 0.3) is 0 Å². The van der Waals surface area contributed by atoms with Crippen LogP contribution in [0.5, 0.6) is 17.2 Å². The van der Waals surface area contributed by atoms with Gasteiger partial charge in [0.25, 0.3) is 0 Å². The van der Waals surface area contributed by atoms with Gasteiger partial charge < -0.3 is 19.5 Å². The van der Waals surface area contributed by atoms with Gasteiger partial charge in [-0.3, -0.25) is 4.79 Å². The van der Waals surface area contributed by atoms with Gasteiger partial charge in [-0.2, -0.15) is 4.31 Å². The number of carbonyl (C=O) groups is 1. The molecule has 2 aromatic carbocycles. The number of carbonyl (C=O) groups excluding carboxylic acids is 1. The number of nitrogens with zero attached hydrogens (tertiary/aromatic N) is 1. The third kappa shape index (κ3) is 4.20. The number of methoxy groups -OCH3 is 1. The third-order valence-electron chi connectivity index (χ3n) is 4.27. The average Bonchev–Trinajstić information content (AvgIpc) is 2.67. The normalized spacial score (nSPS) is 13.3. The molecule has 1 aliphatic rings. The molecule has 2 aromatic rings. The van der Waals surface area contributed by atoms with Gasteiger partial charge in [0.1, 0.15) is 19.0 Å². The minimum absolute atomic E-state index is 0.0976. The highest BCUT2D eigenvalue weighted by molar-refractivity contribution is 7.89. The Morgan fingerprint density at radius 1 is 1.14 bits per heavy atom. The molecule has 0 spiro atoms. The Labute approximate surface area is 164 Å². The molecule has 0 bridgehead atoms. The molecule has 9 heteroatoms. The molecule has 0 aliphatic carbocycles. The van der Waals surface area contributed by atoms with E-state index in [1.807, 2.05) is 0 Å². The first kappa shape index (κ1) is 20.0. The van der Waals surface area contributed by atoms with Crippen molar-refractivity contribution in [3.63, 3.8) is 0 Å². The monoisotopic (exact) mass is 406 g/mol. The van der Waals surface area contributed by atoms with E-state index in [1.54, 1.807) is 31.2 Å². The molecule has 0 atom stereocenters. The maximum Gasteiger partial charge on any atom is 0.243 e. The number of sulfonamides is 1. The van der Waals surface area contributed by atoms with Crippen molar-refractivity contribution in [1.29, 1.82) is 0 Å². The van der Waals surface area contributed by atoms with E-state index in [4.69, 9.17) is 14.2 Å². The standard InChI is InChI=1S/C19H22N2O6S/c1-13-10-15(5-7-16(13)25-3)28(23,24)21(2)12-19(22)20-14-4-6-17-18(11-14)27-9-8-26-17/h4-7,10-11H,8-9,12H2,1-3H3,(H,20,22). The Balaban J connectivity index is 1.68. The number of benzene rings is 2. The van der Waals surface area contributed by atoms with Crippen LogP contribution in [0.2, 0.25) is 0 Å². The van der Waals surface area contributed by atoms with Crippen LogP contribution in [0.3, 0.4) is 0 Å². The van der Waals surface area contributed by atoms with E-state index in [-0.39, 0.29) is 11.4 Å². The first-order valence-corrected chi connectivity index (χ1v) is 10.1. The van der Waals surface area contributed by atoms with Crippen LogP contribution < -0.4 is 19.5 Å². The molecule has 0 saturated carbocycles. The lowest BCUT2D eigenvalue weighted by molar-refractivity contribution is -0.116. The molecule has 0 radical (unpaired) electrons. The third-order valence-corrected chi connectivity index (χ3v) is 6.07. The summed E-state index contributed by atoms with van der Waals surface area (Å²) in [7, 11) is -0.938. The zero-order chi connectivity index (χ0) is 20.3. The zero-order valence-electron chi connectivity index (χ0n) is 15.9. The number of anilines is 1. The molecular weight excluding hydrogens is 384 g/mol. The number of ether oxygens (including phenoxy) is 3. The van der Waals surface area contributed by atoms with E-state index >= 15 is 0 Å². The molecule has 0 aromatic heterocycles. The Morgan fingerprint density at radius 3 is 2.54 bits per heavy atom. The summed E-state index contributed by atoms with van der Waals surface area (Å²) < 4.78 is 42.5. The molecule has 1 amide bonds. The number of aryl methyl sites for hydroxylation is 1. The maximum atomic E-state index is 12.7. The summed E-state index contributed by atoms with van der Waals surface area (Å²) in [5.74, 6) is 1.28. The van der Waals surface area contributed by atoms with Gasteiger partial charge >= 0.3 is 0 Å². The van der Waals surface area contributed by atoms with E-state index in [0.29, 0.717) is 41.7 Å². The van der Waals surface area contributed by atoms with Crippen LogP contribution in [0.15, 0.2) is 41.3 Å². The quantitative estimate of drug-likeness (QED) is 0.789. The van der Waals surface area contributed by atoms with Gasteiger partial charge in [0.15, 0.2) is 11.5 Å². The molecule has 150 valence electrons. The number of hydrogen-bond donors (Lipinski definition) is 1. The van der Waals surface area contributed by atoms with E-state index < -0.39 is 15.9 Å². The van der Waals surface area contributed by atoms with Gasteiger partial charge in [-0.25, -0.2) is 8.42 Å². The Hall–Kier alpha value is -2.78. The molecule has 1 heterocycles. The zero-order valence-corrected chi connectivity index (χ0v) is 16.7. The van der Waals surface area contributed by atoms with Crippen LogP contribution in [0.4, 0.5) is 5.69 Å². The molecular formula is C19H22N2O6S. The topological polar surface area (TPSA) is 94.2 Å². The summed E-state index contributed by atoms with van der Waals surface area (Å²) >= 11 is 0. The van der Waals surface area contributed by atoms with Crippen LogP contribution in [0, 0.1) is 6.92 Å². The molecule has 3 rings (SSSR count). The van der Waals surface area contributed by atoms with Crippen molar-refractivity contribution in [2.45, 2.75) is 11.8 Å². The molecule has 0 fully saturated rings. The van der Waals surface area contributed by atoms with Crippen LogP contribution in [-0.4, -0.2) is 52.5 Å². The second-order valence-electron chi connectivity index (χ2n) is 6.30. The molecule has 1 N–H and O–H groups in total. The predicted molar refractivity (Wildman–Crippen MR) is 104 cm³/mol. The van der Waals surface area contributed by atoms with Gasteiger partial charge in [0.2, 0.25) is 15.9 Å². The van der Waals surface area contributed by atoms with E-state index in [9.17, 15) is 13.2 Å². The Morgan fingerprint density at radius 2 is 1.86 bits per heavy atom. The van der Waals surface area contributed by atoms with Crippen LogP contribution in [0.1, 0.15) is 5.56 Å². The SMILES string of the molecule is COc1ccc(S(=O)(=O)N(C)CC(=O)Nc2ccc3c(c2)OCCO3)cc1C. The second-order valence-corrected chi connectivity index (χ2v) is 8.34. The summed E-state index contributed by atoms with van der Waals surface area (Å²) in [6.45, 7) is 2.34. The largest absolute Gasteiger partial charge is 0.496 e. The number of fused-ring (bicyclic) bond motifs is 1. The highest BCUT2D eigenvalue weighted by atomic mass is 32.2. The van der Waals surface area contributed by atoms with Crippen molar-refractivity contribution in [2.24, 2.45) is 0 Å². The Kier molecular flexibility index (Phi) is 5.76. The van der Waals surface area contributed by atoms with Gasteiger partial charge in [-0.1, -0.05) is 0 Å². The van der Waals surface area contributed by atoms with Crippen molar-refractivity contribution in [3.8, 4) is 17.2 Å². The van der Waals surface area contributed by atoms with Crippen LogP contribution in [-0.2, 0) is 14.8 Å². The van der Waals surface area contributed by atoms with Gasteiger partial charge in [-0.05, 0) is 42.8 Å². The lowest BCUT2D eigenvalue weighted by Crippen LogP contribution is -2.35. The molecule has 28 heavy (non-hydrogen) atoms. The number of amides is 1. The first-order chi connectivity index (χ1) is 13.3. The molecule has 8 nitrogen and oxygen atoms in total. The second kappa shape index (κ2) is 8.07. The minimum atomic E-state index is -3.82.